The third-order valence-electron chi connectivity index (χ3n) is 4.09. The normalized spacial score (nSPS) is 17.0. The fourth-order valence-corrected chi connectivity index (χ4v) is 2.76. The number of benzene rings is 1. The first kappa shape index (κ1) is 17.8. The van der Waals surface area contributed by atoms with Gasteiger partial charge in [-0.2, -0.15) is 0 Å². The third-order valence-corrected chi connectivity index (χ3v) is 4.09. The summed E-state index contributed by atoms with van der Waals surface area (Å²) < 4.78 is 4.89. The topological polar surface area (TPSA) is 101 Å². The maximum atomic E-state index is 12.7. The minimum absolute atomic E-state index is 0.0310. The summed E-state index contributed by atoms with van der Waals surface area (Å²) in [6.45, 7) is 1.58. The van der Waals surface area contributed by atoms with Crippen LogP contribution in [0.3, 0.4) is 0 Å². The first-order chi connectivity index (χ1) is 11.7. The van der Waals surface area contributed by atoms with E-state index in [-0.39, 0.29) is 11.7 Å². The van der Waals surface area contributed by atoms with Crippen molar-refractivity contribution in [2.45, 2.75) is 31.7 Å². The molecule has 1 aliphatic heterocycles. The molecule has 8 heteroatoms. The zero-order valence-corrected chi connectivity index (χ0v) is 13.9. The molecule has 1 aromatic rings. The van der Waals surface area contributed by atoms with E-state index in [0.29, 0.717) is 12.0 Å². The van der Waals surface area contributed by atoms with Gasteiger partial charge in [0.2, 0.25) is 5.91 Å². The van der Waals surface area contributed by atoms with E-state index >= 15 is 0 Å². The minimum Gasteiger partial charge on any atom is -0.560 e. The molecule has 0 bridgehead atoms. The summed E-state index contributed by atoms with van der Waals surface area (Å²) in [7, 11) is 1.51. The van der Waals surface area contributed by atoms with E-state index in [9.17, 15) is 4.79 Å². The highest BCUT2D eigenvalue weighted by Gasteiger charge is 2.25. The fraction of sp³-hybridized carbons (Fsp3) is 0.438. The number of rotatable bonds is 6. The fourth-order valence-electron chi connectivity index (χ4n) is 2.76. The molecule has 3 N–H and O–H groups in total. The minimum atomic E-state index is -0.502. The lowest BCUT2D eigenvalue weighted by atomic mass is 10.0. The largest absolute Gasteiger partial charge is 0.560 e. The van der Waals surface area contributed by atoms with Gasteiger partial charge >= 0.3 is 8.05 Å². The standard InChI is InChI=1S/C16H23BN4O3/c17-24-11-19-14(16(22)21-8-2-1-3-9-21)10-12-4-6-13(7-5-12)15(18)20-23/h4-7,11,14,23H,1-3,8-10,17H2,(H2,18,20)/t14-/m1/s1. The lowest BCUT2D eigenvalue weighted by Crippen LogP contribution is -2.42. The molecule has 1 saturated heterocycles. The number of amidine groups is 1. The molecule has 1 atom stereocenters. The zero-order chi connectivity index (χ0) is 17.4. The summed E-state index contributed by atoms with van der Waals surface area (Å²) in [5.74, 6) is 0.0865. The first-order valence-electron chi connectivity index (χ1n) is 8.05. The number of carbonyl (C=O) groups excluding carboxylic acids is 1. The van der Waals surface area contributed by atoms with E-state index in [1.807, 2.05) is 17.0 Å². The van der Waals surface area contributed by atoms with Crippen LogP contribution in [0.25, 0.3) is 0 Å². The van der Waals surface area contributed by atoms with Crippen LogP contribution in [-0.2, 0) is 15.9 Å². The molecule has 1 aliphatic rings. The molecule has 1 aromatic carbocycles. The van der Waals surface area contributed by atoms with E-state index in [2.05, 4.69) is 10.1 Å². The molecule has 24 heavy (non-hydrogen) atoms. The van der Waals surface area contributed by atoms with Crippen molar-refractivity contribution in [1.29, 1.82) is 0 Å². The molecule has 1 heterocycles. The number of hydrogen-bond acceptors (Lipinski definition) is 5. The molecule has 0 aliphatic carbocycles. The second-order valence-corrected chi connectivity index (χ2v) is 5.78. The van der Waals surface area contributed by atoms with Crippen LogP contribution in [0, 0.1) is 0 Å². The van der Waals surface area contributed by atoms with Gasteiger partial charge in [-0.25, -0.2) is 4.99 Å². The van der Waals surface area contributed by atoms with Crippen molar-refractivity contribution in [2.75, 3.05) is 13.1 Å². The molecule has 2 rings (SSSR count). The van der Waals surface area contributed by atoms with Crippen molar-refractivity contribution in [2.24, 2.45) is 15.9 Å². The van der Waals surface area contributed by atoms with Crippen LogP contribution in [0.2, 0.25) is 0 Å². The molecule has 0 saturated carbocycles. The quantitative estimate of drug-likeness (QED) is 0.257. The van der Waals surface area contributed by atoms with Gasteiger partial charge in [0.15, 0.2) is 12.2 Å². The molecular formula is C16H23BN4O3. The van der Waals surface area contributed by atoms with Gasteiger partial charge in [0.25, 0.3) is 0 Å². The van der Waals surface area contributed by atoms with Gasteiger partial charge in [-0.3, -0.25) is 4.79 Å². The zero-order valence-electron chi connectivity index (χ0n) is 13.9. The van der Waals surface area contributed by atoms with Gasteiger partial charge < -0.3 is 20.5 Å². The Bertz CT molecular complexity index is 598. The molecule has 1 amide bonds. The van der Waals surface area contributed by atoms with Crippen molar-refractivity contribution >= 4 is 26.2 Å². The number of aliphatic imine (C=N–C) groups is 1. The Morgan fingerprint density at radius 1 is 1.33 bits per heavy atom. The van der Waals surface area contributed by atoms with Crippen LogP contribution in [0.5, 0.6) is 0 Å². The smallest absolute Gasteiger partial charge is 0.323 e. The number of hydrogen-bond donors (Lipinski definition) is 2. The molecule has 7 nitrogen and oxygen atoms in total. The number of oxime groups is 1. The molecule has 1 fully saturated rings. The van der Waals surface area contributed by atoms with Crippen molar-refractivity contribution in [3.05, 3.63) is 35.4 Å². The highest BCUT2D eigenvalue weighted by atomic mass is 16.4. The predicted octanol–water partition coefficient (Wildman–Crippen LogP) is 0.298. The summed E-state index contributed by atoms with van der Waals surface area (Å²) in [5, 5.41) is 11.7. The Labute approximate surface area is 142 Å². The van der Waals surface area contributed by atoms with Gasteiger partial charge in [-0.05, 0) is 24.8 Å². The molecule has 0 spiro atoms. The number of amides is 1. The molecule has 0 unspecified atom stereocenters. The number of nitrogens with zero attached hydrogens (tertiary/aromatic N) is 3. The van der Waals surface area contributed by atoms with Crippen LogP contribution < -0.4 is 5.73 Å². The highest BCUT2D eigenvalue weighted by Crippen LogP contribution is 2.15. The second-order valence-electron chi connectivity index (χ2n) is 5.78. The van der Waals surface area contributed by atoms with Gasteiger partial charge in [0.1, 0.15) is 6.04 Å². The van der Waals surface area contributed by atoms with E-state index in [0.717, 1.165) is 31.5 Å². The molecule has 0 aromatic heterocycles. The van der Waals surface area contributed by atoms with Gasteiger partial charge in [-0.15, -0.1) is 0 Å². The summed E-state index contributed by atoms with van der Waals surface area (Å²) in [5.41, 5.74) is 7.13. The van der Waals surface area contributed by atoms with Crippen LogP contribution in [0.4, 0.5) is 0 Å². The molecule has 128 valence electrons. The number of nitrogens with two attached hydrogens (primary N) is 1. The Kier molecular flexibility index (Phi) is 6.66. The van der Waals surface area contributed by atoms with E-state index in [1.165, 1.54) is 20.9 Å². The maximum absolute atomic E-state index is 12.7. The SMILES string of the molecule is BOC=N[C@H](Cc1ccc(C(N)=NO)cc1)C(=O)N1CCCCC1. The third kappa shape index (κ3) is 4.74. The van der Waals surface area contributed by atoms with Crippen LogP contribution in [0.15, 0.2) is 34.4 Å². The van der Waals surface area contributed by atoms with E-state index < -0.39 is 6.04 Å². The van der Waals surface area contributed by atoms with Crippen LogP contribution >= 0.6 is 0 Å². The number of likely N-dealkylation sites (tertiary alicyclic amines) is 1. The molecular weight excluding hydrogens is 307 g/mol. The Morgan fingerprint density at radius 2 is 2.00 bits per heavy atom. The second kappa shape index (κ2) is 8.95. The van der Waals surface area contributed by atoms with Gasteiger partial charge in [0.05, 0.1) is 0 Å². The summed E-state index contributed by atoms with van der Waals surface area (Å²) >= 11 is 0. The lowest BCUT2D eigenvalue weighted by Gasteiger charge is -2.29. The Morgan fingerprint density at radius 3 is 2.58 bits per heavy atom. The molecule has 0 radical (unpaired) electrons. The lowest BCUT2D eigenvalue weighted by molar-refractivity contribution is -0.133. The van der Waals surface area contributed by atoms with Crippen molar-refractivity contribution in [1.82, 2.24) is 4.90 Å². The Hall–Kier alpha value is -2.51. The highest BCUT2D eigenvalue weighted by molar-refractivity contribution is 6.02. The Balaban J connectivity index is 2.10. The summed E-state index contributed by atoms with van der Waals surface area (Å²) in [4.78, 5) is 18.9. The average Bonchev–Trinajstić information content (AvgIpc) is 2.65. The number of piperidine rings is 1. The average molecular weight is 330 g/mol. The van der Waals surface area contributed by atoms with Crippen LogP contribution in [0.1, 0.15) is 30.4 Å². The van der Waals surface area contributed by atoms with Crippen LogP contribution in [-0.4, -0.2) is 55.4 Å². The summed E-state index contributed by atoms with van der Waals surface area (Å²) in [6.07, 6.45) is 5.05. The van der Waals surface area contributed by atoms with E-state index in [4.69, 9.17) is 15.6 Å². The maximum Gasteiger partial charge on any atom is 0.323 e. The van der Waals surface area contributed by atoms with Crippen molar-refractivity contribution in [3.63, 3.8) is 0 Å². The van der Waals surface area contributed by atoms with Gasteiger partial charge in [0, 0.05) is 25.1 Å². The monoisotopic (exact) mass is 330 g/mol. The predicted molar refractivity (Wildman–Crippen MR) is 95.0 cm³/mol. The van der Waals surface area contributed by atoms with Crippen molar-refractivity contribution < 1.29 is 14.7 Å². The summed E-state index contributed by atoms with van der Waals surface area (Å²) in [6, 6.07) is 6.72. The van der Waals surface area contributed by atoms with Gasteiger partial charge in [-0.1, -0.05) is 29.4 Å². The van der Waals surface area contributed by atoms with E-state index in [1.54, 1.807) is 12.1 Å². The van der Waals surface area contributed by atoms with Crippen molar-refractivity contribution in [3.8, 4) is 0 Å². The first-order valence-corrected chi connectivity index (χ1v) is 8.05. The number of carbonyl (C=O) groups is 1.